The van der Waals surface area contributed by atoms with Gasteiger partial charge < -0.3 is 34.3 Å². The quantitative estimate of drug-likeness (QED) is 0.0232. The van der Waals surface area contributed by atoms with Crippen LogP contribution in [0.3, 0.4) is 0 Å². The van der Waals surface area contributed by atoms with Crippen molar-refractivity contribution >= 4 is 22.1 Å². The summed E-state index contributed by atoms with van der Waals surface area (Å²) in [5.74, 6) is -2.09. The van der Waals surface area contributed by atoms with Crippen molar-refractivity contribution in [1.82, 2.24) is 0 Å². The van der Waals surface area contributed by atoms with Crippen molar-refractivity contribution in [3.63, 3.8) is 0 Å². The van der Waals surface area contributed by atoms with Gasteiger partial charge in [-0.25, -0.2) is 0 Å². The Morgan fingerprint density at radius 1 is 0.586 bits per heavy atom. The summed E-state index contributed by atoms with van der Waals surface area (Å²) in [4.78, 5) is 25.3. The van der Waals surface area contributed by atoms with E-state index in [1.807, 2.05) is 85.1 Å². The van der Waals surface area contributed by atoms with Gasteiger partial charge in [-0.3, -0.25) is 14.1 Å². The molecule has 1 aliphatic rings. The minimum absolute atomic E-state index is 0.123. The molecule has 0 aromatic rings. The molecule has 0 bridgehead atoms. The molecule has 0 saturated carbocycles. The van der Waals surface area contributed by atoms with Crippen molar-refractivity contribution in [2.75, 3.05) is 19.0 Å². The highest BCUT2D eigenvalue weighted by atomic mass is 32.2. The van der Waals surface area contributed by atoms with Crippen molar-refractivity contribution in [3.05, 3.63) is 109 Å². The summed E-state index contributed by atoms with van der Waals surface area (Å²) in [5.41, 5.74) is 0. The van der Waals surface area contributed by atoms with Gasteiger partial charge in [0.05, 0.1) is 6.61 Å². The van der Waals surface area contributed by atoms with E-state index in [1.165, 1.54) is 0 Å². The Balaban J connectivity index is 2.56. The molecule has 1 saturated heterocycles. The zero-order chi connectivity index (χ0) is 42.7. The lowest BCUT2D eigenvalue weighted by atomic mass is 10.00. The average molecular weight is 833 g/mol. The first kappa shape index (κ1) is 52.3. The number of aliphatic hydroxyl groups excluding tert-OH is 3. The molecule has 0 aromatic carbocycles. The molecular formula is C45H68O12S. The Morgan fingerprint density at radius 2 is 1.03 bits per heavy atom. The second-order valence-electron chi connectivity index (χ2n) is 13.8. The fourth-order valence-electron chi connectivity index (χ4n) is 5.41. The molecule has 3 unspecified atom stereocenters. The number of ether oxygens (including phenoxy) is 4. The van der Waals surface area contributed by atoms with Crippen molar-refractivity contribution in [2.24, 2.45) is 0 Å². The topological polar surface area (TPSA) is 186 Å². The van der Waals surface area contributed by atoms with E-state index in [1.54, 1.807) is 0 Å². The molecule has 13 heteroatoms. The first-order valence-corrected chi connectivity index (χ1v) is 22.2. The van der Waals surface area contributed by atoms with Gasteiger partial charge in [0.2, 0.25) is 0 Å². The van der Waals surface area contributed by atoms with E-state index >= 15 is 0 Å². The summed E-state index contributed by atoms with van der Waals surface area (Å²) in [5, 5.41) is 30.8. The maximum absolute atomic E-state index is 12.8. The number of rotatable bonds is 31. The molecule has 326 valence electrons. The van der Waals surface area contributed by atoms with Crippen LogP contribution in [0.25, 0.3) is 0 Å². The normalized spacial score (nSPS) is 21.5. The third-order valence-corrected chi connectivity index (χ3v) is 9.32. The number of hydrogen-bond donors (Lipinski definition) is 4. The molecule has 0 radical (unpaired) electrons. The first-order valence-electron chi connectivity index (χ1n) is 20.6. The minimum Gasteiger partial charge on any atom is -0.462 e. The molecule has 0 aliphatic carbocycles. The smallest absolute Gasteiger partial charge is 0.306 e. The summed E-state index contributed by atoms with van der Waals surface area (Å²) in [7, 11) is -4.62. The zero-order valence-electron chi connectivity index (χ0n) is 34.3. The second kappa shape index (κ2) is 34.2. The van der Waals surface area contributed by atoms with Crippen molar-refractivity contribution in [1.29, 1.82) is 0 Å². The molecule has 58 heavy (non-hydrogen) atoms. The molecule has 0 spiro atoms. The number of hydrogen-bond acceptors (Lipinski definition) is 11. The van der Waals surface area contributed by atoms with Gasteiger partial charge in [0.25, 0.3) is 10.1 Å². The van der Waals surface area contributed by atoms with Crippen LogP contribution in [0.1, 0.15) is 104 Å². The number of carbonyl (C=O) groups excluding carboxylic acids is 2. The Kier molecular flexibility index (Phi) is 30.9. The van der Waals surface area contributed by atoms with Gasteiger partial charge in [0, 0.05) is 12.8 Å². The van der Waals surface area contributed by atoms with Crippen LogP contribution in [0.5, 0.6) is 0 Å². The van der Waals surface area contributed by atoms with Crippen LogP contribution in [0.2, 0.25) is 0 Å². The average Bonchev–Trinajstić information content (AvgIpc) is 3.18. The maximum atomic E-state index is 12.8. The molecule has 6 atom stereocenters. The van der Waals surface area contributed by atoms with Gasteiger partial charge >= 0.3 is 11.9 Å². The van der Waals surface area contributed by atoms with Crippen LogP contribution in [0.4, 0.5) is 0 Å². The van der Waals surface area contributed by atoms with Crippen LogP contribution < -0.4 is 0 Å². The molecule has 1 aliphatic heterocycles. The van der Waals surface area contributed by atoms with Crippen LogP contribution in [0.15, 0.2) is 109 Å². The zero-order valence-corrected chi connectivity index (χ0v) is 35.2. The third kappa shape index (κ3) is 28.7. The number of carbonyl (C=O) groups is 2. The van der Waals surface area contributed by atoms with Gasteiger partial charge in [-0.15, -0.1) is 0 Å². The van der Waals surface area contributed by atoms with Gasteiger partial charge in [0.1, 0.15) is 36.8 Å². The SMILES string of the molecule is CC/C=C/C=C/C=C/C=C/C=C/C=C/CCCCCC(=O)OCC(CO[C@H]1O[C@H](CS(=O)(=O)O)[C@@H](O)C(O)C1O)OC(=O)CCCCCCC/C=C/C=C/C=C/CC. The van der Waals surface area contributed by atoms with Gasteiger partial charge in [0.15, 0.2) is 12.4 Å². The van der Waals surface area contributed by atoms with Crippen LogP contribution in [0, 0.1) is 0 Å². The van der Waals surface area contributed by atoms with Gasteiger partial charge in [-0.2, -0.15) is 8.42 Å². The van der Waals surface area contributed by atoms with E-state index in [2.05, 4.69) is 38.2 Å². The molecule has 1 heterocycles. The summed E-state index contributed by atoms with van der Waals surface area (Å²) in [6, 6.07) is 0. The Hall–Kier alpha value is -3.69. The third-order valence-electron chi connectivity index (χ3n) is 8.57. The van der Waals surface area contributed by atoms with E-state index in [9.17, 15) is 37.9 Å². The molecule has 4 N–H and O–H groups in total. The fourth-order valence-corrected chi connectivity index (χ4v) is 6.10. The predicted molar refractivity (Wildman–Crippen MR) is 228 cm³/mol. The van der Waals surface area contributed by atoms with Crippen LogP contribution >= 0.6 is 0 Å². The largest absolute Gasteiger partial charge is 0.462 e. The van der Waals surface area contributed by atoms with Crippen molar-refractivity contribution < 1.29 is 56.8 Å². The summed E-state index contributed by atoms with van der Waals surface area (Å²) >= 11 is 0. The molecule has 0 amide bonds. The van der Waals surface area contributed by atoms with Crippen molar-refractivity contribution in [2.45, 2.75) is 141 Å². The maximum Gasteiger partial charge on any atom is 0.306 e. The molecular weight excluding hydrogens is 765 g/mol. The van der Waals surface area contributed by atoms with Gasteiger partial charge in [-0.05, 0) is 51.4 Å². The molecule has 0 aromatic heterocycles. The second-order valence-corrected chi connectivity index (χ2v) is 15.2. The monoisotopic (exact) mass is 832 g/mol. The number of aliphatic hydroxyl groups is 3. The number of unbranched alkanes of at least 4 members (excludes halogenated alkanes) is 8. The molecule has 12 nitrogen and oxygen atoms in total. The van der Waals surface area contributed by atoms with E-state index in [-0.39, 0.29) is 19.4 Å². The minimum atomic E-state index is -4.62. The Labute approximate surface area is 346 Å². The lowest BCUT2D eigenvalue weighted by Crippen LogP contribution is -2.60. The lowest BCUT2D eigenvalue weighted by molar-refractivity contribution is -0.297. The fraction of sp³-hybridized carbons (Fsp3) is 0.556. The lowest BCUT2D eigenvalue weighted by Gasteiger charge is -2.40. The van der Waals surface area contributed by atoms with E-state index in [0.717, 1.165) is 64.2 Å². The van der Waals surface area contributed by atoms with E-state index in [0.29, 0.717) is 12.8 Å². The summed E-state index contributed by atoms with van der Waals surface area (Å²) in [6.07, 6.45) is 37.1. The standard InChI is InChI=1S/C45H68O12S/c1-3-5-7-9-11-13-15-17-18-19-20-22-23-25-27-29-31-33-40(46)54-35-38(36-55-45-44(50)43(49)42(48)39(57-45)37-58(51,52)53)56-41(47)34-32-30-28-26-24-21-16-14-12-10-8-6-4-2/h5-20,22-23,38-39,42-45,48-50H,3-4,21,24-37H2,1-2H3,(H,51,52,53)/b7-5+,8-6+,11-9+,12-10+,15-13+,16-14+,18-17+,20-19+,23-22+/t38?,39-,42-,43?,44?,45+/m1/s1. The predicted octanol–water partition coefficient (Wildman–Crippen LogP) is 7.66. The van der Waals surface area contributed by atoms with E-state index < -0.39 is 71.2 Å². The highest BCUT2D eigenvalue weighted by molar-refractivity contribution is 7.85. The molecule has 1 fully saturated rings. The number of esters is 2. The highest BCUT2D eigenvalue weighted by Crippen LogP contribution is 2.24. The van der Waals surface area contributed by atoms with Crippen molar-refractivity contribution in [3.8, 4) is 0 Å². The van der Waals surface area contributed by atoms with Crippen LogP contribution in [-0.4, -0.2) is 96.0 Å². The summed E-state index contributed by atoms with van der Waals surface area (Å²) in [6.45, 7) is 3.38. The Bertz CT molecular complexity index is 1490. The molecule has 1 rings (SSSR count). The summed E-state index contributed by atoms with van der Waals surface area (Å²) < 4.78 is 53.9. The number of allylic oxidation sites excluding steroid dienone is 18. The first-order chi connectivity index (χ1) is 28.0. The van der Waals surface area contributed by atoms with Crippen LogP contribution in [-0.2, 0) is 38.7 Å². The van der Waals surface area contributed by atoms with E-state index in [4.69, 9.17) is 18.9 Å². The highest BCUT2D eigenvalue weighted by Gasteiger charge is 2.46. The Morgan fingerprint density at radius 3 is 1.55 bits per heavy atom. The van der Waals surface area contributed by atoms with Gasteiger partial charge in [-0.1, -0.05) is 149 Å².